The number of rotatable bonds is 7. The largest absolute Gasteiger partial charge is 0.481 e. The Labute approximate surface area is 122 Å². The van der Waals surface area contributed by atoms with Crippen LogP contribution in [0.3, 0.4) is 0 Å². The number of carboxylic acid groups (broad SMARTS) is 1. The summed E-state index contributed by atoms with van der Waals surface area (Å²) in [6.45, 7) is 3.93. The van der Waals surface area contributed by atoms with Crippen LogP contribution >= 0.6 is 23.2 Å². The molecule has 1 unspecified atom stereocenters. The Morgan fingerprint density at radius 1 is 1.26 bits per heavy atom. The van der Waals surface area contributed by atoms with Crippen molar-refractivity contribution in [2.75, 3.05) is 6.61 Å². The molecular formula is C14H16Cl2O3. The molecule has 19 heavy (non-hydrogen) atoms. The number of carbonyl (C=O) groups is 1. The Morgan fingerprint density at radius 3 is 2.47 bits per heavy atom. The molecule has 1 atom stereocenters. The number of hydrogen-bond acceptors (Lipinski definition) is 2. The summed E-state index contributed by atoms with van der Waals surface area (Å²) in [6, 6.07) is 4.78. The van der Waals surface area contributed by atoms with Crippen LogP contribution in [-0.4, -0.2) is 22.8 Å². The molecule has 0 aromatic heterocycles. The zero-order chi connectivity index (χ0) is 14.4. The van der Waals surface area contributed by atoms with Crippen molar-refractivity contribution in [3.05, 3.63) is 46.0 Å². The summed E-state index contributed by atoms with van der Waals surface area (Å²) >= 11 is 11.7. The van der Waals surface area contributed by atoms with E-state index in [0.29, 0.717) is 40.4 Å². The highest BCUT2D eigenvalue weighted by Crippen LogP contribution is 2.31. The maximum atomic E-state index is 11.4. The van der Waals surface area contributed by atoms with Gasteiger partial charge < -0.3 is 10.2 Å². The minimum absolute atomic E-state index is 0.0950. The lowest BCUT2D eigenvalue weighted by Crippen LogP contribution is -2.14. The van der Waals surface area contributed by atoms with E-state index in [1.54, 1.807) is 18.2 Å². The van der Waals surface area contributed by atoms with Crippen molar-refractivity contribution < 1.29 is 15.0 Å². The molecule has 0 saturated carbocycles. The summed E-state index contributed by atoms with van der Waals surface area (Å²) < 4.78 is 0. The number of benzene rings is 1. The normalized spacial score (nSPS) is 12.2. The van der Waals surface area contributed by atoms with E-state index in [1.165, 1.54) is 0 Å². The molecule has 0 spiro atoms. The van der Waals surface area contributed by atoms with E-state index in [0.717, 1.165) is 0 Å². The van der Waals surface area contributed by atoms with E-state index in [2.05, 4.69) is 6.58 Å². The molecule has 0 amide bonds. The Kier molecular flexibility index (Phi) is 6.35. The highest BCUT2D eigenvalue weighted by Gasteiger charge is 2.23. The fourth-order valence-electron chi connectivity index (χ4n) is 1.85. The minimum Gasteiger partial charge on any atom is -0.481 e. The number of aliphatic hydroxyl groups excluding tert-OH is 1. The standard InChI is InChI=1S/C14H16Cl2O3/c1-9(4-2-3-7-17)13(14(18)19)10-5-6-11(15)12(16)8-10/h5-6,8,13,17H,1-4,7H2,(H,18,19). The molecule has 104 valence electrons. The van der Waals surface area contributed by atoms with E-state index in [4.69, 9.17) is 28.3 Å². The SMILES string of the molecule is C=C(CCCCO)C(C(=O)O)c1ccc(Cl)c(Cl)c1. The van der Waals surface area contributed by atoms with Crippen LogP contribution in [0, 0.1) is 0 Å². The first-order chi connectivity index (χ1) is 8.97. The predicted molar refractivity (Wildman–Crippen MR) is 76.9 cm³/mol. The van der Waals surface area contributed by atoms with Crippen LogP contribution in [0.5, 0.6) is 0 Å². The fourth-order valence-corrected chi connectivity index (χ4v) is 2.16. The van der Waals surface area contributed by atoms with Crippen LogP contribution in [-0.2, 0) is 4.79 Å². The third-order valence-corrected chi connectivity index (χ3v) is 3.58. The predicted octanol–water partition coefficient (Wildman–Crippen LogP) is 3.88. The van der Waals surface area contributed by atoms with Gasteiger partial charge in [-0.05, 0) is 37.0 Å². The molecule has 0 aliphatic heterocycles. The second kappa shape index (κ2) is 7.53. The first-order valence-electron chi connectivity index (χ1n) is 5.93. The van der Waals surface area contributed by atoms with Crippen molar-refractivity contribution in [1.29, 1.82) is 0 Å². The molecule has 0 aliphatic carbocycles. The zero-order valence-corrected chi connectivity index (χ0v) is 11.9. The van der Waals surface area contributed by atoms with Crippen molar-refractivity contribution in [2.45, 2.75) is 25.2 Å². The van der Waals surface area contributed by atoms with Crippen molar-refractivity contribution in [3.8, 4) is 0 Å². The average Bonchev–Trinajstić information content (AvgIpc) is 2.34. The lowest BCUT2D eigenvalue weighted by molar-refractivity contribution is -0.137. The maximum Gasteiger partial charge on any atom is 0.315 e. The minimum atomic E-state index is -0.965. The van der Waals surface area contributed by atoms with E-state index >= 15 is 0 Å². The topological polar surface area (TPSA) is 57.5 Å². The number of unbranched alkanes of at least 4 members (excludes halogenated alkanes) is 1. The number of aliphatic hydroxyl groups is 1. The highest BCUT2D eigenvalue weighted by molar-refractivity contribution is 6.42. The third kappa shape index (κ3) is 4.53. The molecule has 0 heterocycles. The van der Waals surface area contributed by atoms with E-state index in [-0.39, 0.29) is 6.61 Å². The zero-order valence-electron chi connectivity index (χ0n) is 10.4. The molecule has 1 aromatic carbocycles. The van der Waals surface area contributed by atoms with Gasteiger partial charge in [0.05, 0.1) is 10.0 Å². The highest BCUT2D eigenvalue weighted by atomic mass is 35.5. The van der Waals surface area contributed by atoms with Gasteiger partial charge in [-0.25, -0.2) is 0 Å². The van der Waals surface area contributed by atoms with Crippen LogP contribution in [0.1, 0.15) is 30.7 Å². The Bertz CT molecular complexity index is 472. The monoisotopic (exact) mass is 302 g/mol. The Balaban J connectivity index is 2.90. The van der Waals surface area contributed by atoms with Crippen LogP contribution in [0.2, 0.25) is 10.0 Å². The lowest BCUT2D eigenvalue weighted by atomic mass is 9.89. The molecule has 0 fully saturated rings. The number of hydrogen-bond donors (Lipinski definition) is 2. The summed E-state index contributed by atoms with van der Waals surface area (Å²) in [5, 5.41) is 18.8. The van der Waals surface area contributed by atoms with Crippen molar-refractivity contribution in [1.82, 2.24) is 0 Å². The van der Waals surface area contributed by atoms with Crippen LogP contribution < -0.4 is 0 Å². The van der Waals surface area contributed by atoms with Crippen LogP contribution in [0.15, 0.2) is 30.4 Å². The Hall–Kier alpha value is -1.03. The molecule has 5 heteroatoms. The molecule has 0 bridgehead atoms. The number of halogens is 2. The van der Waals surface area contributed by atoms with Crippen molar-refractivity contribution in [2.24, 2.45) is 0 Å². The van der Waals surface area contributed by atoms with Crippen molar-refractivity contribution in [3.63, 3.8) is 0 Å². The second-order valence-electron chi connectivity index (χ2n) is 4.28. The van der Waals surface area contributed by atoms with Gasteiger partial charge >= 0.3 is 5.97 Å². The number of carboxylic acids is 1. The first kappa shape index (κ1) is 16.0. The number of aliphatic carboxylic acids is 1. The molecule has 0 saturated heterocycles. The average molecular weight is 303 g/mol. The van der Waals surface area contributed by atoms with Gasteiger partial charge in [-0.2, -0.15) is 0 Å². The maximum absolute atomic E-state index is 11.4. The first-order valence-corrected chi connectivity index (χ1v) is 6.69. The summed E-state index contributed by atoms with van der Waals surface area (Å²) in [5.41, 5.74) is 1.16. The molecule has 0 radical (unpaired) electrons. The van der Waals surface area contributed by atoms with Gasteiger partial charge in [0.25, 0.3) is 0 Å². The van der Waals surface area contributed by atoms with Crippen molar-refractivity contribution >= 4 is 29.2 Å². The van der Waals surface area contributed by atoms with Gasteiger partial charge in [0.2, 0.25) is 0 Å². The quantitative estimate of drug-likeness (QED) is 0.593. The summed E-state index contributed by atoms with van der Waals surface area (Å²) in [4.78, 5) is 11.4. The molecule has 1 rings (SSSR count). The summed E-state index contributed by atoms with van der Waals surface area (Å²) in [7, 11) is 0. The van der Waals surface area contributed by atoms with Gasteiger partial charge in [0, 0.05) is 6.61 Å². The van der Waals surface area contributed by atoms with Gasteiger partial charge in [-0.3, -0.25) is 4.79 Å². The van der Waals surface area contributed by atoms with E-state index in [1.807, 2.05) is 0 Å². The Morgan fingerprint density at radius 2 is 1.95 bits per heavy atom. The smallest absolute Gasteiger partial charge is 0.315 e. The fraction of sp³-hybridized carbons (Fsp3) is 0.357. The van der Waals surface area contributed by atoms with E-state index in [9.17, 15) is 9.90 Å². The van der Waals surface area contributed by atoms with Crippen LogP contribution in [0.4, 0.5) is 0 Å². The molecule has 2 N–H and O–H groups in total. The van der Waals surface area contributed by atoms with Crippen LogP contribution in [0.25, 0.3) is 0 Å². The summed E-state index contributed by atoms with van der Waals surface area (Å²) in [6.07, 6.45) is 1.89. The second-order valence-corrected chi connectivity index (χ2v) is 5.10. The summed E-state index contributed by atoms with van der Waals surface area (Å²) in [5.74, 6) is -1.76. The lowest BCUT2D eigenvalue weighted by Gasteiger charge is -2.16. The van der Waals surface area contributed by atoms with Gasteiger partial charge in [0.15, 0.2) is 0 Å². The third-order valence-electron chi connectivity index (χ3n) is 2.84. The molecule has 1 aromatic rings. The van der Waals surface area contributed by atoms with Gasteiger partial charge in [-0.1, -0.05) is 41.4 Å². The molecular weight excluding hydrogens is 287 g/mol. The molecule has 0 aliphatic rings. The molecule has 3 nitrogen and oxygen atoms in total. The van der Waals surface area contributed by atoms with Gasteiger partial charge in [0.1, 0.15) is 5.92 Å². The van der Waals surface area contributed by atoms with Gasteiger partial charge in [-0.15, -0.1) is 0 Å². The van der Waals surface area contributed by atoms with E-state index < -0.39 is 11.9 Å².